The number of esters is 1. The van der Waals surface area contributed by atoms with E-state index in [9.17, 15) is 22.8 Å². The Kier molecular flexibility index (Phi) is 5.48. The van der Waals surface area contributed by atoms with Crippen LogP contribution in [0.5, 0.6) is 0 Å². The molecular weight excluding hydrogens is 359 g/mol. The second-order valence-electron chi connectivity index (χ2n) is 6.36. The van der Waals surface area contributed by atoms with Crippen LogP contribution in [-0.4, -0.2) is 18.5 Å². The SMILES string of the molecule is O=C(COC(=O)c1ccc(C(F)(F)F)cc1)N[C@H]1CCCc2ccccc21. The number of carbonyl (C=O) groups excluding carboxylic acids is 2. The number of fused-ring (bicyclic) bond motifs is 1. The lowest BCUT2D eigenvalue weighted by molar-refractivity contribution is -0.137. The maximum Gasteiger partial charge on any atom is 0.416 e. The van der Waals surface area contributed by atoms with Crippen molar-refractivity contribution in [2.24, 2.45) is 0 Å². The average Bonchev–Trinajstić information content (AvgIpc) is 2.66. The van der Waals surface area contributed by atoms with Crippen LogP contribution in [0.15, 0.2) is 48.5 Å². The van der Waals surface area contributed by atoms with E-state index in [1.807, 2.05) is 24.3 Å². The molecule has 1 atom stereocenters. The Bertz CT molecular complexity index is 831. The van der Waals surface area contributed by atoms with Crippen LogP contribution in [0.4, 0.5) is 13.2 Å². The molecule has 0 fully saturated rings. The molecule has 0 radical (unpaired) electrons. The van der Waals surface area contributed by atoms with Crippen LogP contribution in [0, 0.1) is 0 Å². The predicted molar refractivity (Wildman–Crippen MR) is 92.0 cm³/mol. The highest BCUT2D eigenvalue weighted by molar-refractivity contribution is 5.91. The molecule has 1 aliphatic carbocycles. The Balaban J connectivity index is 1.54. The normalized spacial score (nSPS) is 16.3. The van der Waals surface area contributed by atoms with Gasteiger partial charge in [0, 0.05) is 0 Å². The number of aryl methyl sites for hydroxylation is 1. The lowest BCUT2D eigenvalue weighted by atomic mass is 9.88. The standard InChI is InChI=1S/C20H18F3NO3/c21-20(22,23)15-10-8-14(9-11-15)19(26)27-12-18(25)24-17-7-3-5-13-4-1-2-6-16(13)17/h1-2,4,6,8-11,17H,3,5,7,12H2,(H,24,25)/t17-/m0/s1. The number of nitrogens with one attached hydrogen (secondary N) is 1. The second kappa shape index (κ2) is 7.82. The summed E-state index contributed by atoms with van der Waals surface area (Å²) >= 11 is 0. The summed E-state index contributed by atoms with van der Waals surface area (Å²) in [5, 5.41) is 2.85. The van der Waals surface area contributed by atoms with E-state index in [4.69, 9.17) is 4.74 Å². The zero-order valence-electron chi connectivity index (χ0n) is 14.4. The average molecular weight is 377 g/mol. The number of benzene rings is 2. The molecule has 0 bridgehead atoms. The molecule has 7 heteroatoms. The molecule has 27 heavy (non-hydrogen) atoms. The van der Waals surface area contributed by atoms with Crippen molar-refractivity contribution in [1.82, 2.24) is 5.32 Å². The first kappa shape index (κ1) is 18.9. The van der Waals surface area contributed by atoms with Gasteiger partial charge in [-0.3, -0.25) is 4.79 Å². The van der Waals surface area contributed by atoms with Crippen molar-refractivity contribution >= 4 is 11.9 Å². The molecule has 142 valence electrons. The van der Waals surface area contributed by atoms with Gasteiger partial charge in [0.2, 0.25) is 0 Å². The summed E-state index contributed by atoms with van der Waals surface area (Å²) in [5.74, 6) is -1.29. The highest BCUT2D eigenvalue weighted by atomic mass is 19.4. The van der Waals surface area contributed by atoms with Crippen LogP contribution >= 0.6 is 0 Å². The van der Waals surface area contributed by atoms with Crippen LogP contribution < -0.4 is 5.32 Å². The van der Waals surface area contributed by atoms with Crippen LogP contribution in [0.3, 0.4) is 0 Å². The number of hydrogen-bond acceptors (Lipinski definition) is 3. The zero-order valence-corrected chi connectivity index (χ0v) is 14.4. The highest BCUT2D eigenvalue weighted by Crippen LogP contribution is 2.30. The molecule has 0 aromatic heterocycles. The van der Waals surface area contributed by atoms with E-state index in [1.165, 1.54) is 5.56 Å². The van der Waals surface area contributed by atoms with Crippen molar-refractivity contribution in [2.75, 3.05) is 6.61 Å². The van der Waals surface area contributed by atoms with Crippen LogP contribution in [-0.2, 0) is 22.1 Å². The van der Waals surface area contributed by atoms with Crippen molar-refractivity contribution in [1.29, 1.82) is 0 Å². The largest absolute Gasteiger partial charge is 0.452 e. The van der Waals surface area contributed by atoms with Crippen LogP contribution in [0.25, 0.3) is 0 Å². The molecule has 4 nitrogen and oxygen atoms in total. The number of hydrogen-bond donors (Lipinski definition) is 1. The minimum atomic E-state index is -4.47. The third-order valence-corrected chi connectivity index (χ3v) is 4.49. The van der Waals surface area contributed by atoms with E-state index in [2.05, 4.69) is 5.32 Å². The second-order valence-corrected chi connectivity index (χ2v) is 6.36. The van der Waals surface area contributed by atoms with E-state index in [-0.39, 0.29) is 11.6 Å². The van der Waals surface area contributed by atoms with Gasteiger partial charge in [0.05, 0.1) is 17.2 Å². The molecule has 2 aromatic carbocycles. The molecule has 3 rings (SSSR count). The number of carbonyl (C=O) groups is 2. The van der Waals surface area contributed by atoms with Gasteiger partial charge in [-0.05, 0) is 54.7 Å². The number of ether oxygens (including phenoxy) is 1. The maximum absolute atomic E-state index is 12.5. The fourth-order valence-electron chi connectivity index (χ4n) is 3.15. The number of halogens is 3. The fraction of sp³-hybridized carbons (Fsp3) is 0.300. The Morgan fingerprint density at radius 3 is 2.48 bits per heavy atom. The monoisotopic (exact) mass is 377 g/mol. The molecule has 1 amide bonds. The minimum absolute atomic E-state index is 0.0428. The van der Waals surface area contributed by atoms with Crippen LogP contribution in [0.1, 0.15) is 45.9 Å². The molecule has 0 unspecified atom stereocenters. The van der Waals surface area contributed by atoms with Crippen LogP contribution in [0.2, 0.25) is 0 Å². The van der Waals surface area contributed by atoms with Gasteiger partial charge in [0.1, 0.15) is 0 Å². The quantitative estimate of drug-likeness (QED) is 0.818. The predicted octanol–water partition coefficient (Wildman–Crippen LogP) is 4.06. The molecule has 0 saturated carbocycles. The Hall–Kier alpha value is -2.83. The molecule has 0 saturated heterocycles. The summed E-state index contributed by atoms with van der Waals surface area (Å²) in [6, 6.07) is 11.4. The third-order valence-electron chi connectivity index (χ3n) is 4.49. The first-order chi connectivity index (χ1) is 12.8. The van der Waals surface area contributed by atoms with E-state index < -0.39 is 30.2 Å². The smallest absolute Gasteiger partial charge is 0.416 e. The first-order valence-corrected chi connectivity index (χ1v) is 8.56. The van der Waals surface area contributed by atoms with Gasteiger partial charge < -0.3 is 10.1 Å². The van der Waals surface area contributed by atoms with Gasteiger partial charge in [-0.1, -0.05) is 24.3 Å². The van der Waals surface area contributed by atoms with Crippen molar-refractivity contribution in [3.8, 4) is 0 Å². The van der Waals surface area contributed by atoms with Crippen molar-refractivity contribution in [3.63, 3.8) is 0 Å². The summed E-state index contributed by atoms with van der Waals surface area (Å²) in [5.41, 5.74) is 1.36. The fourth-order valence-corrected chi connectivity index (χ4v) is 3.15. The zero-order chi connectivity index (χ0) is 19.4. The summed E-state index contributed by atoms with van der Waals surface area (Å²) in [7, 11) is 0. The molecule has 2 aromatic rings. The van der Waals surface area contributed by atoms with E-state index in [1.54, 1.807) is 0 Å². The van der Waals surface area contributed by atoms with Gasteiger partial charge in [0.25, 0.3) is 5.91 Å². The summed E-state index contributed by atoms with van der Waals surface area (Å²) in [6.07, 6.45) is -1.76. The summed E-state index contributed by atoms with van der Waals surface area (Å²) < 4.78 is 42.5. The van der Waals surface area contributed by atoms with E-state index >= 15 is 0 Å². The van der Waals surface area contributed by atoms with Gasteiger partial charge in [0.15, 0.2) is 6.61 Å². The van der Waals surface area contributed by atoms with E-state index in [0.29, 0.717) is 0 Å². The number of rotatable bonds is 4. The Labute approximate surface area is 154 Å². The molecule has 1 aliphatic rings. The van der Waals surface area contributed by atoms with Crippen molar-refractivity contribution < 1.29 is 27.5 Å². The van der Waals surface area contributed by atoms with Gasteiger partial charge in [-0.15, -0.1) is 0 Å². The van der Waals surface area contributed by atoms with E-state index in [0.717, 1.165) is 49.1 Å². The van der Waals surface area contributed by atoms with Gasteiger partial charge in [-0.2, -0.15) is 13.2 Å². The summed E-state index contributed by atoms with van der Waals surface area (Å²) in [6.45, 7) is -0.488. The molecule has 0 heterocycles. The van der Waals surface area contributed by atoms with Crippen molar-refractivity contribution in [3.05, 3.63) is 70.8 Å². The molecule has 0 aliphatic heterocycles. The lowest BCUT2D eigenvalue weighted by Crippen LogP contribution is -2.34. The lowest BCUT2D eigenvalue weighted by Gasteiger charge is -2.26. The molecular formula is C20H18F3NO3. The maximum atomic E-state index is 12.5. The first-order valence-electron chi connectivity index (χ1n) is 8.56. The summed E-state index contributed by atoms with van der Waals surface area (Å²) in [4.78, 5) is 24.0. The third kappa shape index (κ3) is 4.67. The van der Waals surface area contributed by atoms with Crippen molar-refractivity contribution in [2.45, 2.75) is 31.5 Å². The topological polar surface area (TPSA) is 55.4 Å². The molecule has 1 N–H and O–H groups in total. The minimum Gasteiger partial charge on any atom is -0.452 e. The van der Waals surface area contributed by atoms with Gasteiger partial charge in [-0.25, -0.2) is 4.79 Å². The highest BCUT2D eigenvalue weighted by Gasteiger charge is 2.30. The number of amides is 1. The number of alkyl halides is 3. The molecule has 0 spiro atoms. The van der Waals surface area contributed by atoms with Gasteiger partial charge >= 0.3 is 12.1 Å². The Morgan fingerprint density at radius 1 is 1.07 bits per heavy atom. The Morgan fingerprint density at radius 2 is 1.78 bits per heavy atom.